The quantitative estimate of drug-likeness (QED) is 0.630. The van der Waals surface area contributed by atoms with E-state index in [0.717, 1.165) is 32.1 Å². The number of imide groups is 1. The Morgan fingerprint density at radius 1 is 1.09 bits per heavy atom. The fourth-order valence-corrected chi connectivity index (χ4v) is 5.56. The number of hydrogen-bond donors (Lipinski definition) is 1. The van der Waals surface area contributed by atoms with Gasteiger partial charge in [-0.3, -0.25) is 4.79 Å². The van der Waals surface area contributed by atoms with Crippen LogP contribution in [-0.2, 0) is 14.3 Å². The lowest BCUT2D eigenvalue weighted by atomic mass is 9.75. The molecule has 2 saturated heterocycles. The third-order valence-electron chi connectivity index (χ3n) is 7.48. The second-order valence-electron chi connectivity index (χ2n) is 11.7. The van der Waals surface area contributed by atoms with Crippen LogP contribution in [0.1, 0.15) is 86.5 Å². The molecule has 2 unspecified atom stereocenters. The number of carbonyl (C=O) groups excluding carboxylic acids is 2. The molecule has 8 heteroatoms. The Kier molecular flexibility index (Phi) is 6.97. The smallest absolute Gasteiger partial charge is 0.435 e. The molecule has 0 radical (unpaired) electrons. The van der Waals surface area contributed by atoms with E-state index in [-0.39, 0.29) is 30.0 Å². The average Bonchev–Trinajstić information content (AvgIpc) is 3.30. The normalized spacial score (nSPS) is 33.1. The maximum atomic E-state index is 13.6. The maximum Gasteiger partial charge on any atom is 0.527 e. The molecule has 0 spiro atoms. The molecule has 0 aromatic heterocycles. The van der Waals surface area contributed by atoms with Crippen LogP contribution in [0, 0.1) is 5.41 Å². The van der Waals surface area contributed by atoms with Gasteiger partial charge in [-0.05, 0) is 71.6 Å². The zero-order chi connectivity index (χ0) is 23.9. The van der Waals surface area contributed by atoms with Gasteiger partial charge in [-0.15, -0.1) is 4.48 Å². The monoisotopic (exact) mass is 453 g/mol. The van der Waals surface area contributed by atoms with Gasteiger partial charge >= 0.3 is 12.2 Å². The molecular weight excluding hydrogens is 412 g/mol. The van der Waals surface area contributed by atoms with Crippen molar-refractivity contribution in [1.29, 1.82) is 0 Å². The van der Waals surface area contributed by atoms with Gasteiger partial charge in [0.2, 0.25) is 0 Å². The maximum absolute atomic E-state index is 13.6. The number of ether oxygens (including phenoxy) is 2. The Balaban J connectivity index is 1.90. The zero-order valence-corrected chi connectivity index (χ0v) is 20.6. The van der Waals surface area contributed by atoms with Crippen LogP contribution >= 0.6 is 0 Å². The Hall–Kier alpha value is -1.67. The number of carbonyl (C=O) groups is 3. The number of nitrogens with zero attached hydrogens (tertiary/aromatic N) is 2. The van der Waals surface area contributed by atoms with Crippen molar-refractivity contribution in [2.75, 3.05) is 13.2 Å². The van der Waals surface area contributed by atoms with Gasteiger partial charge < -0.3 is 19.5 Å². The molecule has 3 aliphatic rings. The highest BCUT2D eigenvalue weighted by Gasteiger charge is 2.61. The highest BCUT2D eigenvalue weighted by molar-refractivity contribution is 5.82. The van der Waals surface area contributed by atoms with Gasteiger partial charge in [0.25, 0.3) is 5.91 Å². The number of hydrogen-bond acceptors (Lipinski definition) is 5. The third kappa shape index (κ3) is 4.96. The van der Waals surface area contributed by atoms with Crippen molar-refractivity contribution in [3.8, 4) is 0 Å². The predicted octanol–water partition coefficient (Wildman–Crippen LogP) is 4.55. The highest BCUT2D eigenvalue weighted by Crippen LogP contribution is 2.41. The molecule has 0 aromatic carbocycles. The molecule has 0 aromatic rings. The van der Waals surface area contributed by atoms with Crippen LogP contribution in [0.3, 0.4) is 0 Å². The van der Waals surface area contributed by atoms with Gasteiger partial charge in [0.15, 0.2) is 0 Å². The first-order chi connectivity index (χ1) is 14.8. The summed E-state index contributed by atoms with van der Waals surface area (Å²) in [5, 5.41) is 10.2. The van der Waals surface area contributed by atoms with Gasteiger partial charge in [-0.2, -0.15) is 9.59 Å². The molecule has 2 aliphatic heterocycles. The second-order valence-corrected chi connectivity index (χ2v) is 11.7. The van der Waals surface area contributed by atoms with Crippen molar-refractivity contribution in [1.82, 2.24) is 4.90 Å². The largest absolute Gasteiger partial charge is 0.527 e. The molecule has 3 rings (SSSR count). The molecule has 4 atom stereocenters. The number of rotatable bonds is 3. The molecule has 32 heavy (non-hydrogen) atoms. The van der Waals surface area contributed by atoms with Crippen LogP contribution in [0.15, 0.2) is 0 Å². The van der Waals surface area contributed by atoms with Crippen molar-refractivity contribution in [3.05, 3.63) is 0 Å². The summed E-state index contributed by atoms with van der Waals surface area (Å²) in [4.78, 5) is 41.1. The van der Waals surface area contributed by atoms with Crippen LogP contribution in [-0.4, -0.2) is 75.6 Å². The van der Waals surface area contributed by atoms with E-state index in [9.17, 15) is 19.5 Å². The number of carboxylic acid groups (broad SMARTS) is 1. The molecule has 2 heterocycles. The average molecular weight is 454 g/mol. The van der Waals surface area contributed by atoms with E-state index in [1.165, 1.54) is 0 Å². The van der Waals surface area contributed by atoms with E-state index in [2.05, 4.69) is 13.8 Å². The lowest BCUT2D eigenvalue weighted by Gasteiger charge is -2.43. The first-order valence-electron chi connectivity index (χ1n) is 12.1. The summed E-state index contributed by atoms with van der Waals surface area (Å²) in [7, 11) is 0. The number of amides is 3. The number of likely N-dealkylation sites (tertiary alicyclic amines) is 1. The van der Waals surface area contributed by atoms with E-state index in [4.69, 9.17) is 9.47 Å². The van der Waals surface area contributed by atoms with Crippen LogP contribution < -0.4 is 0 Å². The summed E-state index contributed by atoms with van der Waals surface area (Å²) in [6.07, 6.45) is 3.36. The van der Waals surface area contributed by atoms with Crippen molar-refractivity contribution < 1.29 is 33.4 Å². The lowest BCUT2D eigenvalue weighted by molar-refractivity contribution is -0.797. The van der Waals surface area contributed by atoms with Gasteiger partial charge in [-0.25, -0.2) is 0 Å². The molecule has 3 fully saturated rings. The lowest BCUT2D eigenvalue weighted by Crippen LogP contribution is -2.61. The SMILES string of the molecule is CC1C[C@H](N(C(=O)[C@@H]2CCCO2)C2CCC(C)(C)CC2)C[N+]1(C(=O)O)C(=O)OC(C)(C)C. The van der Waals surface area contributed by atoms with Crippen molar-refractivity contribution in [2.45, 2.75) is 116 Å². The van der Waals surface area contributed by atoms with E-state index < -0.39 is 34.4 Å². The third-order valence-corrected chi connectivity index (χ3v) is 7.48. The Morgan fingerprint density at radius 2 is 1.72 bits per heavy atom. The zero-order valence-electron chi connectivity index (χ0n) is 20.6. The van der Waals surface area contributed by atoms with Gasteiger partial charge in [0, 0.05) is 19.1 Å². The summed E-state index contributed by atoms with van der Waals surface area (Å²) in [6, 6.07) is -0.784. The molecule has 1 saturated carbocycles. The van der Waals surface area contributed by atoms with Crippen LogP contribution in [0.5, 0.6) is 0 Å². The molecule has 1 aliphatic carbocycles. The second kappa shape index (κ2) is 8.93. The highest BCUT2D eigenvalue weighted by atomic mass is 16.6. The summed E-state index contributed by atoms with van der Waals surface area (Å²) in [5.41, 5.74) is -0.548. The minimum Gasteiger partial charge on any atom is -0.435 e. The van der Waals surface area contributed by atoms with E-state index in [1.807, 2.05) is 4.90 Å². The van der Waals surface area contributed by atoms with Crippen LogP contribution in [0.4, 0.5) is 9.59 Å². The summed E-state index contributed by atoms with van der Waals surface area (Å²) in [5.74, 6) is -0.0426. The van der Waals surface area contributed by atoms with Gasteiger partial charge in [0.05, 0.1) is 6.04 Å². The predicted molar refractivity (Wildman–Crippen MR) is 119 cm³/mol. The van der Waals surface area contributed by atoms with Crippen molar-refractivity contribution in [3.63, 3.8) is 0 Å². The molecule has 0 bridgehead atoms. The van der Waals surface area contributed by atoms with E-state index in [0.29, 0.717) is 19.4 Å². The standard InChI is InChI=1S/C24H40N2O6/c1-16-14-18(15-26(16,21(28)29)22(30)32-23(2,3)4)25(20(27)19-8-7-13-31-19)17-9-11-24(5,6)12-10-17/h16-19H,7-15H2,1-6H3/p+1/t16?,18-,19-,26?/m0/s1. The fraction of sp³-hybridized carbons (Fsp3) is 0.875. The van der Waals surface area contributed by atoms with Crippen LogP contribution in [0.2, 0.25) is 0 Å². The first-order valence-corrected chi connectivity index (χ1v) is 12.1. The molecular formula is C24H41N2O6+. The minimum atomic E-state index is -1.22. The molecule has 1 N–H and O–H groups in total. The minimum absolute atomic E-state index is 0.0315. The topological polar surface area (TPSA) is 93.1 Å². The van der Waals surface area contributed by atoms with E-state index >= 15 is 0 Å². The van der Waals surface area contributed by atoms with Crippen molar-refractivity contribution in [2.24, 2.45) is 5.41 Å². The molecule has 3 amide bonds. The Bertz CT molecular complexity index is 729. The summed E-state index contributed by atoms with van der Waals surface area (Å²) >= 11 is 0. The van der Waals surface area contributed by atoms with Gasteiger partial charge in [-0.1, -0.05) is 13.8 Å². The first kappa shape index (κ1) is 25.0. The van der Waals surface area contributed by atoms with Gasteiger partial charge in [0.1, 0.15) is 24.3 Å². The summed E-state index contributed by atoms with van der Waals surface area (Å²) in [6.45, 7) is 12.1. The van der Waals surface area contributed by atoms with Crippen molar-refractivity contribution >= 4 is 18.1 Å². The van der Waals surface area contributed by atoms with E-state index in [1.54, 1.807) is 27.7 Å². The number of quaternary nitrogens is 1. The Morgan fingerprint density at radius 3 is 2.22 bits per heavy atom. The fourth-order valence-electron chi connectivity index (χ4n) is 5.56. The Labute approximate surface area is 191 Å². The molecule has 8 nitrogen and oxygen atoms in total. The molecule has 182 valence electrons. The van der Waals surface area contributed by atoms with Crippen LogP contribution in [0.25, 0.3) is 0 Å². The summed E-state index contributed by atoms with van der Waals surface area (Å²) < 4.78 is 10.5.